The summed E-state index contributed by atoms with van der Waals surface area (Å²) in [5, 5.41) is 19.6. The van der Waals surface area contributed by atoms with Gasteiger partial charge in [0.2, 0.25) is 0 Å². The van der Waals surface area contributed by atoms with E-state index in [0.717, 1.165) is 12.1 Å². The number of nitrogens with one attached hydrogen (secondary N) is 1. The number of hydrogen-bond acceptors (Lipinski definition) is 4. The molecule has 0 aliphatic carbocycles. The highest BCUT2D eigenvalue weighted by atomic mass is 19.1. The first-order chi connectivity index (χ1) is 9.83. The molecule has 0 aliphatic heterocycles. The second-order valence-electron chi connectivity index (χ2n) is 3.92. The fraction of sp³-hybridized carbons (Fsp3) is 0.250. The number of urea groups is 1. The lowest BCUT2D eigenvalue weighted by Gasteiger charge is -2.20. The van der Waals surface area contributed by atoms with Crippen LogP contribution in [-0.4, -0.2) is 53.3 Å². The number of anilines is 1. The van der Waals surface area contributed by atoms with Gasteiger partial charge in [0.05, 0.1) is 12.8 Å². The molecule has 1 aromatic carbocycles. The number of rotatable bonds is 6. The summed E-state index contributed by atoms with van der Waals surface area (Å²) in [6.45, 7) is -1.58. The summed E-state index contributed by atoms with van der Waals surface area (Å²) in [6, 6.07) is 2.35. The number of methoxy groups -OCH3 is 1. The van der Waals surface area contributed by atoms with Crippen LogP contribution in [0.4, 0.5) is 14.9 Å². The Labute approximate surface area is 118 Å². The van der Waals surface area contributed by atoms with Crippen molar-refractivity contribution >= 4 is 23.7 Å². The zero-order valence-corrected chi connectivity index (χ0v) is 11.0. The number of hydrogen-bond donors (Lipinski definition) is 3. The van der Waals surface area contributed by atoms with Crippen LogP contribution < -0.4 is 10.1 Å². The molecular weight excluding hydrogens is 287 g/mol. The average Bonchev–Trinajstić information content (AvgIpc) is 2.38. The summed E-state index contributed by atoms with van der Waals surface area (Å²) >= 11 is 0. The van der Waals surface area contributed by atoms with Gasteiger partial charge in [0.15, 0.2) is 0 Å². The maximum absolute atomic E-state index is 13.0. The van der Waals surface area contributed by atoms with E-state index < -0.39 is 36.9 Å². The predicted molar refractivity (Wildman–Crippen MR) is 68.8 cm³/mol. The lowest BCUT2D eigenvalue weighted by Crippen LogP contribution is -2.42. The van der Waals surface area contributed by atoms with Gasteiger partial charge >= 0.3 is 18.0 Å². The molecule has 1 rings (SSSR count). The molecule has 0 fully saturated rings. The second-order valence-corrected chi connectivity index (χ2v) is 3.92. The number of ether oxygens (including phenoxy) is 1. The van der Waals surface area contributed by atoms with Gasteiger partial charge in [-0.3, -0.25) is 9.59 Å². The van der Waals surface area contributed by atoms with Crippen molar-refractivity contribution in [3.63, 3.8) is 0 Å². The van der Waals surface area contributed by atoms with Crippen LogP contribution in [-0.2, 0) is 9.59 Å². The van der Waals surface area contributed by atoms with Crippen molar-refractivity contribution < 1.29 is 33.7 Å². The van der Waals surface area contributed by atoms with E-state index in [-0.39, 0.29) is 11.4 Å². The molecule has 2 amide bonds. The Bertz CT molecular complexity index is 547. The van der Waals surface area contributed by atoms with Crippen molar-refractivity contribution in [3.05, 3.63) is 24.0 Å². The van der Waals surface area contributed by atoms with Gasteiger partial charge in [-0.15, -0.1) is 0 Å². The van der Waals surface area contributed by atoms with E-state index in [9.17, 15) is 18.8 Å². The summed E-state index contributed by atoms with van der Waals surface area (Å²) in [6.07, 6.45) is 0. The minimum atomic E-state index is -1.36. The van der Waals surface area contributed by atoms with Crippen molar-refractivity contribution in [1.29, 1.82) is 0 Å². The summed E-state index contributed by atoms with van der Waals surface area (Å²) in [4.78, 5) is 33.7. The SMILES string of the molecule is COc1cc(F)ccc1NC(=O)N(CC(=O)O)CC(=O)O. The fourth-order valence-corrected chi connectivity index (χ4v) is 1.49. The molecule has 0 atom stereocenters. The zero-order chi connectivity index (χ0) is 16.0. The monoisotopic (exact) mass is 300 g/mol. The maximum atomic E-state index is 13.0. The standard InChI is InChI=1S/C12H13FN2O6/c1-21-9-4-7(13)2-3-8(9)14-12(20)15(5-10(16)17)6-11(18)19/h2-4H,5-6H2,1H3,(H,14,20)(H,16,17)(H,18,19). The number of carbonyl (C=O) groups is 3. The maximum Gasteiger partial charge on any atom is 0.323 e. The van der Waals surface area contributed by atoms with Gasteiger partial charge in [-0.05, 0) is 12.1 Å². The molecule has 8 nitrogen and oxygen atoms in total. The van der Waals surface area contributed by atoms with Crippen LogP contribution >= 0.6 is 0 Å². The molecule has 9 heteroatoms. The summed E-state index contributed by atoms with van der Waals surface area (Å²) < 4.78 is 17.9. The number of halogens is 1. The van der Waals surface area contributed by atoms with Crippen molar-refractivity contribution in [2.45, 2.75) is 0 Å². The van der Waals surface area contributed by atoms with Crippen LogP contribution in [0.5, 0.6) is 5.75 Å². The van der Waals surface area contributed by atoms with E-state index >= 15 is 0 Å². The number of nitrogens with zero attached hydrogens (tertiary/aromatic N) is 1. The van der Waals surface area contributed by atoms with Crippen molar-refractivity contribution in [3.8, 4) is 5.75 Å². The molecule has 0 aliphatic rings. The van der Waals surface area contributed by atoms with Gasteiger partial charge in [0.25, 0.3) is 0 Å². The number of benzene rings is 1. The Balaban J connectivity index is 2.90. The predicted octanol–water partition coefficient (Wildman–Crippen LogP) is 0.837. The van der Waals surface area contributed by atoms with E-state index in [4.69, 9.17) is 14.9 Å². The smallest absolute Gasteiger partial charge is 0.323 e. The van der Waals surface area contributed by atoms with E-state index in [1.165, 1.54) is 13.2 Å². The number of amides is 2. The molecule has 3 N–H and O–H groups in total. The Morgan fingerprint density at radius 3 is 2.29 bits per heavy atom. The zero-order valence-electron chi connectivity index (χ0n) is 11.0. The molecule has 0 radical (unpaired) electrons. The quantitative estimate of drug-likeness (QED) is 0.716. The first-order valence-electron chi connectivity index (χ1n) is 5.66. The number of carboxylic acids is 2. The number of aliphatic carboxylic acids is 2. The molecule has 0 aromatic heterocycles. The summed E-state index contributed by atoms with van der Waals surface area (Å²) in [5.74, 6) is -3.29. The third kappa shape index (κ3) is 4.97. The molecule has 21 heavy (non-hydrogen) atoms. The van der Waals surface area contributed by atoms with E-state index in [1.54, 1.807) is 0 Å². The Kier molecular flexibility index (Phi) is 5.47. The molecular formula is C12H13FN2O6. The Hall–Kier alpha value is -2.84. The highest BCUT2D eigenvalue weighted by Gasteiger charge is 2.20. The molecule has 0 saturated carbocycles. The molecule has 114 valence electrons. The van der Waals surface area contributed by atoms with Crippen LogP contribution in [0.1, 0.15) is 0 Å². The molecule has 0 unspecified atom stereocenters. The van der Waals surface area contributed by atoms with E-state index in [1.807, 2.05) is 0 Å². The van der Waals surface area contributed by atoms with Crippen LogP contribution in [0.2, 0.25) is 0 Å². The van der Waals surface area contributed by atoms with Crippen LogP contribution in [0.25, 0.3) is 0 Å². The summed E-state index contributed by atoms with van der Waals surface area (Å²) in [7, 11) is 1.26. The van der Waals surface area contributed by atoms with Crippen molar-refractivity contribution in [1.82, 2.24) is 4.90 Å². The molecule has 0 saturated heterocycles. The minimum Gasteiger partial charge on any atom is -0.494 e. The van der Waals surface area contributed by atoms with Gasteiger partial charge in [-0.1, -0.05) is 0 Å². The molecule has 0 heterocycles. The lowest BCUT2D eigenvalue weighted by atomic mass is 10.3. The van der Waals surface area contributed by atoms with Gasteiger partial charge in [-0.25, -0.2) is 9.18 Å². The second kappa shape index (κ2) is 7.08. The third-order valence-electron chi connectivity index (χ3n) is 2.34. The van der Waals surface area contributed by atoms with Crippen LogP contribution in [0.3, 0.4) is 0 Å². The highest BCUT2D eigenvalue weighted by molar-refractivity contribution is 5.94. The fourth-order valence-electron chi connectivity index (χ4n) is 1.49. The highest BCUT2D eigenvalue weighted by Crippen LogP contribution is 2.25. The van der Waals surface area contributed by atoms with Gasteiger partial charge in [0.1, 0.15) is 24.7 Å². The Morgan fingerprint density at radius 1 is 1.24 bits per heavy atom. The van der Waals surface area contributed by atoms with E-state index in [0.29, 0.717) is 4.90 Å². The van der Waals surface area contributed by atoms with Crippen LogP contribution in [0, 0.1) is 5.82 Å². The molecule has 0 bridgehead atoms. The first kappa shape index (κ1) is 16.2. The number of carboxylic acid groups (broad SMARTS) is 2. The van der Waals surface area contributed by atoms with Crippen LogP contribution in [0.15, 0.2) is 18.2 Å². The largest absolute Gasteiger partial charge is 0.494 e. The topological polar surface area (TPSA) is 116 Å². The third-order valence-corrected chi connectivity index (χ3v) is 2.34. The summed E-state index contributed by atoms with van der Waals surface area (Å²) in [5.41, 5.74) is 0.0877. The van der Waals surface area contributed by atoms with Crippen molar-refractivity contribution in [2.24, 2.45) is 0 Å². The van der Waals surface area contributed by atoms with Crippen molar-refractivity contribution in [2.75, 3.05) is 25.5 Å². The first-order valence-corrected chi connectivity index (χ1v) is 5.66. The van der Waals surface area contributed by atoms with Gasteiger partial charge in [0, 0.05) is 6.07 Å². The van der Waals surface area contributed by atoms with Gasteiger partial charge in [-0.2, -0.15) is 0 Å². The number of carbonyl (C=O) groups excluding carboxylic acids is 1. The Morgan fingerprint density at radius 2 is 1.81 bits per heavy atom. The molecule has 0 spiro atoms. The van der Waals surface area contributed by atoms with Gasteiger partial charge < -0.3 is 25.2 Å². The average molecular weight is 300 g/mol. The van der Waals surface area contributed by atoms with E-state index in [2.05, 4.69) is 5.32 Å². The minimum absolute atomic E-state index is 0.0222. The normalized spacial score (nSPS) is 9.81. The lowest BCUT2D eigenvalue weighted by molar-refractivity contribution is -0.140. The molecule has 1 aromatic rings.